The maximum atomic E-state index is 11.7. The van der Waals surface area contributed by atoms with Crippen LogP contribution in [0.15, 0.2) is 58.3 Å². The van der Waals surface area contributed by atoms with Gasteiger partial charge >= 0.3 is 5.97 Å². The molecule has 13 heteroatoms. The van der Waals surface area contributed by atoms with E-state index in [0.717, 1.165) is 30.9 Å². The second-order valence-corrected chi connectivity index (χ2v) is 13.2. The van der Waals surface area contributed by atoms with Gasteiger partial charge in [-0.15, -0.1) is 0 Å². The van der Waals surface area contributed by atoms with Crippen LogP contribution in [0.4, 0.5) is 11.4 Å². The average Bonchev–Trinajstić information content (AvgIpc) is 3.64. The standard InChI is InChI=1S/C14H20N2O3S.C12H16N2O4S/c1-3-14(17)11-8-9-16(10-11)12-4-6-13(7-5-12)20(18,19)15-2;1-13-19(17,18)11-4-2-10(3-5-11)14-7-6-9(8-14)12(15)16/h4-7,11,15H,3,8-10H2,1-2H3;2-5,9,13H,6-8H2,1H3,(H,15,16). The molecule has 0 saturated carbocycles. The molecule has 2 heterocycles. The second kappa shape index (κ2) is 12.9. The Hall–Kier alpha value is -3.00. The number of aliphatic carboxylic acids is 1. The van der Waals surface area contributed by atoms with E-state index in [-0.39, 0.29) is 21.6 Å². The highest BCUT2D eigenvalue weighted by Gasteiger charge is 2.29. The van der Waals surface area contributed by atoms with Gasteiger partial charge in [-0.1, -0.05) is 6.92 Å². The topological polar surface area (TPSA) is 153 Å². The van der Waals surface area contributed by atoms with Crippen molar-refractivity contribution in [2.24, 2.45) is 11.8 Å². The fourth-order valence-electron chi connectivity index (χ4n) is 4.65. The molecule has 2 aromatic rings. The van der Waals surface area contributed by atoms with Gasteiger partial charge < -0.3 is 14.9 Å². The first-order chi connectivity index (χ1) is 18.4. The van der Waals surface area contributed by atoms with Crippen molar-refractivity contribution in [2.45, 2.75) is 36.0 Å². The molecule has 0 bridgehead atoms. The molecule has 0 aliphatic carbocycles. The Balaban J connectivity index is 0.000000216. The number of carboxylic acid groups (broad SMARTS) is 1. The first-order valence-electron chi connectivity index (χ1n) is 12.7. The average molecular weight is 581 g/mol. The third kappa shape index (κ3) is 7.56. The highest BCUT2D eigenvalue weighted by atomic mass is 32.2. The van der Waals surface area contributed by atoms with E-state index in [9.17, 15) is 26.4 Å². The molecule has 2 atom stereocenters. The minimum Gasteiger partial charge on any atom is -0.481 e. The predicted molar refractivity (Wildman–Crippen MR) is 149 cm³/mol. The van der Waals surface area contributed by atoms with Crippen LogP contribution in [0.2, 0.25) is 0 Å². The molecule has 0 spiro atoms. The molecular weight excluding hydrogens is 544 g/mol. The number of hydrogen-bond donors (Lipinski definition) is 3. The summed E-state index contributed by atoms with van der Waals surface area (Å²) in [4.78, 5) is 27.1. The van der Waals surface area contributed by atoms with Crippen molar-refractivity contribution in [1.82, 2.24) is 9.44 Å². The van der Waals surface area contributed by atoms with E-state index in [0.29, 0.717) is 31.7 Å². The number of carbonyl (C=O) groups excluding carboxylic acids is 1. The first-order valence-corrected chi connectivity index (χ1v) is 15.7. The third-order valence-corrected chi connectivity index (χ3v) is 9.95. The summed E-state index contributed by atoms with van der Waals surface area (Å²) < 4.78 is 51.0. The number of nitrogens with one attached hydrogen (secondary N) is 2. The Morgan fingerprint density at radius 2 is 1.15 bits per heavy atom. The molecule has 0 radical (unpaired) electrons. The largest absolute Gasteiger partial charge is 0.481 e. The lowest BCUT2D eigenvalue weighted by molar-refractivity contribution is -0.140. The van der Waals surface area contributed by atoms with Crippen LogP contribution < -0.4 is 19.2 Å². The summed E-state index contributed by atoms with van der Waals surface area (Å²) in [6.45, 7) is 4.60. The molecule has 0 aromatic heterocycles. The summed E-state index contributed by atoms with van der Waals surface area (Å²) in [7, 11) is -4.06. The van der Waals surface area contributed by atoms with Crippen LogP contribution in [0.5, 0.6) is 0 Å². The number of carboxylic acids is 1. The van der Waals surface area contributed by atoms with Crippen molar-refractivity contribution in [2.75, 3.05) is 50.1 Å². The van der Waals surface area contributed by atoms with Gasteiger partial charge in [-0.3, -0.25) is 9.59 Å². The summed E-state index contributed by atoms with van der Waals surface area (Å²) in [6, 6.07) is 13.2. The molecule has 39 heavy (non-hydrogen) atoms. The SMILES string of the molecule is CCC(=O)C1CCN(c2ccc(S(=O)(=O)NC)cc2)C1.CNS(=O)(=O)c1ccc(N2CCC(C(=O)O)C2)cc1. The zero-order chi connectivity index (χ0) is 28.8. The molecule has 214 valence electrons. The van der Waals surface area contributed by atoms with Gasteiger partial charge in [0.15, 0.2) is 0 Å². The summed E-state index contributed by atoms with van der Waals surface area (Å²) >= 11 is 0. The number of rotatable bonds is 9. The molecule has 0 amide bonds. The molecule has 2 saturated heterocycles. The van der Waals surface area contributed by atoms with Gasteiger partial charge in [-0.25, -0.2) is 26.3 Å². The van der Waals surface area contributed by atoms with Crippen molar-refractivity contribution in [3.8, 4) is 0 Å². The van der Waals surface area contributed by atoms with Crippen molar-refractivity contribution < 1.29 is 31.5 Å². The lowest BCUT2D eigenvalue weighted by Gasteiger charge is -2.18. The normalized spacial score (nSPS) is 19.5. The van der Waals surface area contributed by atoms with Gasteiger partial charge in [0, 0.05) is 49.9 Å². The van der Waals surface area contributed by atoms with Gasteiger partial charge in [-0.2, -0.15) is 0 Å². The van der Waals surface area contributed by atoms with Crippen LogP contribution >= 0.6 is 0 Å². The lowest BCUT2D eigenvalue weighted by atomic mass is 10.0. The number of Topliss-reactive ketones (excluding diaryl/α,β-unsaturated/α-hetero) is 1. The maximum absolute atomic E-state index is 11.7. The fraction of sp³-hybridized carbons (Fsp3) is 0.462. The van der Waals surface area contributed by atoms with Gasteiger partial charge in [0.2, 0.25) is 20.0 Å². The van der Waals surface area contributed by atoms with Crippen molar-refractivity contribution in [1.29, 1.82) is 0 Å². The van der Waals surface area contributed by atoms with Gasteiger partial charge in [-0.05, 0) is 75.5 Å². The smallest absolute Gasteiger partial charge is 0.308 e. The van der Waals surface area contributed by atoms with Crippen LogP contribution in [0.25, 0.3) is 0 Å². The summed E-state index contributed by atoms with van der Waals surface area (Å²) in [5.74, 6) is -0.708. The van der Waals surface area contributed by atoms with Crippen molar-refractivity contribution in [3.63, 3.8) is 0 Å². The number of anilines is 2. The molecule has 11 nitrogen and oxygen atoms in total. The van der Waals surface area contributed by atoms with Crippen LogP contribution in [-0.4, -0.2) is 74.0 Å². The summed E-state index contributed by atoms with van der Waals surface area (Å²) in [6.07, 6.45) is 2.08. The molecule has 2 aliphatic heterocycles. The van der Waals surface area contributed by atoms with E-state index in [1.54, 1.807) is 36.4 Å². The third-order valence-electron chi connectivity index (χ3n) is 7.09. The highest BCUT2D eigenvalue weighted by Crippen LogP contribution is 2.27. The van der Waals surface area contributed by atoms with Gasteiger partial charge in [0.05, 0.1) is 15.7 Å². The zero-order valence-corrected chi connectivity index (χ0v) is 24.0. The Labute approximate surface area is 230 Å². The van der Waals surface area contributed by atoms with E-state index in [1.807, 2.05) is 11.8 Å². The monoisotopic (exact) mass is 580 g/mol. The molecule has 2 aliphatic rings. The van der Waals surface area contributed by atoms with Crippen molar-refractivity contribution in [3.05, 3.63) is 48.5 Å². The van der Waals surface area contributed by atoms with Crippen LogP contribution in [0.1, 0.15) is 26.2 Å². The molecule has 4 rings (SSSR count). The van der Waals surface area contributed by atoms with E-state index >= 15 is 0 Å². The van der Waals surface area contributed by atoms with Gasteiger partial charge in [0.25, 0.3) is 0 Å². The number of carbonyl (C=O) groups is 2. The highest BCUT2D eigenvalue weighted by molar-refractivity contribution is 7.89. The molecule has 3 N–H and O–H groups in total. The second-order valence-electron chi connectivity index (χ2n) is 9.42. The number of nitrogens with zero attached hydrogens (tertiary/aromatic N) is 2. The summed E-state index contributed by atoms with van der Waals surface area (Å²) in [5.41, 5.74) is 1.81. The summed E-state index contributed by atoms with van der Waals surface area (Å²) in [5, 5.41) is 8.95. The Bertz CT molecular complexity index is 1360. The molecule has 2 fully saturated rings. The number of benzene rings is 2. The van der Waals surface area contributed by atoms with Crippen LogP contribution in [0.3, 0.4) is 0 Å². The number of sulfonamides is 2. The quantitative estimate of drug-likeness (QED) is 0.404. The lowest BCUT2D eigenvalue weighted by Crippen LogP contribution is -2.23. The maximum Gasteiger partial charge on any atom is 0.308 e. The fourth-order valence-corrected chi connectivity index (χ4v) is 6.11. The van der Waals surface area contributed by atoms with E-state index in [1.165, 1.54) is 26.2 Å². The minimum absolute atomic E-state index is 0.112. The van der Waals surface area contributed by atoms with Crippen molar-refractivity contribution >= 4 is 43.2 Å². The van der Waals surface area contributed by atoms with Crippen LogP contribution in [0, 0.1) is 11.8 Å². The van der Waals surface area contributed by atoms with Crippen LogP contribution in [-0.2, 0) is 29.6 Å². The Kier molecular flexibility index (Phi) is 10.1. The molecule has 2 aromatic carbocycles. The van der Waals surface area contributed by atoms with E-state index < -0.39 is 26.0 Å². The first kappa shape index (κ1) is 30.5. The Morgan fingerprint density at radius 1 is 0.769 bits per heavy atom. The predicted octanol–water partition coefficient (Wildman–Crippen LogP) is 1.91. The zero-order valence-electron chi connectivity index (χ0n) is 22.3. The number of ketones is 1. The molecule has 2 unspecified atom stereocenters. The minimum atomic E-state index is -3.43. The van der Waals surface area contributed by atoms with E-state index in [4.69, 9.17) is 5.11 Å². The number of hydrogen-bond acceptors (Lipinski definition) is 8. The Morgan fingerprint density at radius 3 is 1.49 bits per heavy atom. The van der Waals surface area contributed by atoms with E-state index in [2.05, 4.69) is 14.3 Å². The molecular formula is C26H36N4O7S2. The van der Waals surface area contributed by atoms with Gasteiger partial charge in [0.1, 0.15) is 5.78 Å².